The van der Waals surface area contributed by atoms with Gasteiger partial charge in [-0.1, -0.05) is 49.4 Å². The third kappa shape index (κ3) is 3.76. The predicted molar refractivity (Wildman–Crippen MR) is 119 cm³/mol. The van der Waals surface area contributed by atoms with Gasteiger partial charge in [-0.15, -0.1) is 0 Å². The van der Waals surface area contributed by atoms with Crippen molar-refractivity contribution in [2.75, 3.05) is 19.6 Å². The zero-order valence-electron chi connectivity index (χ0n) is 18.1. The van der Waals surface area contributed by atoms with Crippen molar-refractivity contribution in [1.82, 2.24) is 14.1 Å². The smallest absolute Gasteiger partial charge is 0.308 e. The van der Waals surface area contributed by atoms with Gasteiger partial charge in [0.15, 0.2) is 4.90 Å². The van der Waals surface area contributed by atoms with Gasteiger partial charge in [0.1, 0.15) is 5.54 Å². The number of urea groups is 1. The van der Waals surface area contributed by atoms with Crippen LogP contribution in [0.4, 0.5) is 10.5 Å². The SMILES string of the molecule is CCC12CCN(S(=O)(=O)c3ccccc3[N+](=O)[O-])CCN1C(=O)N(Cc1ccccc1)C2=O. The van der Waals surface area contributed by atoms with Crippen LogP contribution >= 0.6 is 0 Å². The monoisotopic (exact) mass is 472 g/mol. The highest BCUT2D eigenvalue weighted by Crippen LogP contribution is 2.38. The predicted octanol–water partition coefficient (Wildman–Crippen LogP) is 2.60. The molecule has 11 heteroatoms. The van der Waals surface area contributed by atoms with Crippen molar-refractivity contribution in [3.63, 3.8) is 0 Å². The van der Waals surface area contributed by atoms with Gasteiger partial charge in [0.2, 0.25) is 10.0 Å². The van der Waals surface area contributed by atoms with Crippen LogP contribution in [-0.4, -0.2) is 64.6 Å². The van der Waals surface area contributed by atoms with Gasteiger partial charge in [0.05, 0.1) is 11.5 Å². The molecular weight excluding hydrogens is 448 g/mol. The Hall–Kier alpha value is -3.31. The normalized spacial score (nSPS) is 21.7. The van der Waals surface area contributed by atoms with E-state index >= 15 is 0 Å². The number of nitrogens with zero attached hydrogens (tertiary/aromatic N) is 4. The molecule has 1 unspecified atom stereocenters. The number of hydrogen-bond acceptors (Lipinski definition) is 6. The third-order valence-electron chi connectivity index (χ3n) is 6.42. The molecule has 2 aliphatic rings. The van der Waals surface area contributed by atoms with E-state index in [0.29, 0.717) is 6.42 Å². The van der Waals surface area contributed by atoms with E-state index < -0.39 is 37.1 Å². The van der Waals surface area contributed by atoms with Gasteiger partial charge in [-0.2, -0.15) is 4.31 Å². The Kier molecular flexibility index (Phi) is 5.93. The molecule has 0 aromatic heterocycles. The van der Waals surface area contributed by atoms with Gasteiger partial charge in [-0.3, -0.25) is 19.8 Å². The second kappa shape index (κ2) is 8.56. The number of hydrogen-bond donors (Lipinski definition) is 0. The molecule has 2 fully saturated rings. The molecule has 0 radical (unpaired) electrons. The Morgan fingerprint density at radius 3 is 2.33 bits per heavy atom. The lowest BCUT2D eigenvalue weighted by Crippen LogP contribution is -2.49. The zero-order valence-corrected chi connectivity index (χ0v) is 18.9. The minimum Gasteiger partial charge on any atom is -0.308 e. The van der Waals surface area contributed by atoms with Crippen molar-refractivity contribution in [2.45, 2.75) is 36.7 Å². The maximum Gasteiger partial charge on any atom is 0.328 e. The van der Waals surface area contributed by atoms with Crippen molar-refractivity contribution < 1.29 is 22.9 Å². The maximum absolute atomic E-state index is 13.4. The number of fused-ring (bicyclic) bond motifs is 1. The molecule has 33 heavy (non-hydrogen) atoms. The summed E-state index contributed by atoms with van der Waals surface area (Å²) in [4.78, 5) is 39.6. The summed E-state index contributed by atoms with van der Waals surface area (Å²) in [5.74, 6) is -0.344. The molecule has 0 spiro atoms. The standard InChI is InChI=1S/C22H24N4O6S/c1-2-22-12-13-23(33(31,32)19-11-7-6-10-18(19)26(29)30)14-15-25(22)21(28)24(20(22)27)16-17-8-4-3-5-9-17/h3-11H,2,12-16H2,1H3. The fourth-order valence-corrected chi connectivity index (χ4v) is 6.19. The fraction of sp³-hybridized carbons (Fsp3) is 0.364. The van der Waals surface area contributed by atoms with Crippen molar-refractivity contribution in [3.8, 4) is 0 Å². The molecule has 0 saturated carbocycles. The molecule has 2 aromatic carbocycles. The van der Waals surface area contributed by atoms with Crippen LogP contribution in [-0.2, 0) is 21.4 Å². The Balaban J connectivity index is 1.62. The largest absolute Gasteiger partial charge is 0.328 e. The van der Waals surface area contributed by atoms with Crippen molar-refractivity contribution in [1.29, 1.82) is 0 Å². The van der Waals surface area contributed by atoms with E-state index in [9.17, 15) is 28.1 Å². The van der Waals surface area contributed by atoms with Gasteiger partial charge in [-0.25, -0.2) is 13.2 Å². The van der Waals surface area contributed by atoms with Crippen LogP contribution in [0.25, 0.3) is 0 Å². The topological polar surface area (TPSA) is 121 Å². The first-order valence-electron chi connectivity index (χ1n) is 10.6. The summed E-state index contributed by atoms with van der Waals surface area (Å²) in [6, 6.07) is 13.9. The van der Waals surface area contributed by atoms with E-state index in [1.165, 1.54) is 28.0 Å². The van der Waals surface area contributed by atoms with Crippen LogP contribution in [0.1, 0.15) is 25.3 Å². The number of benzene rings is 2. The highest BCUT2D eigenvalue weighted by atomic mass is 32.2. The van der Waals surface area contributed by atoms with Gasteiger partial charge in [-0.05, 0) is 24.5 Å². The van der Waals surface area contributed by atoms with Crippen LogP contribution in [0.5, 0.6) is 0 Å². The molecule has 4 rings (SSSR count). The maximum atomic E-state index is 13.4. The van der Waals surface area contributed by atoms with Crippen LogP contribution in [0.15, 0.2) is 59.5 Å². The summed E-state index contributed by atoms with van der Waals surface area (Å²) in [6.07, 6.45) is 0.446. The van der Waals surface area contributed by atoms with Crippen LogP contribution in [0, 0.1) is 10.1 Å². The highest BCUT2D eigenvalue weighted by Gasteiger charge is 2.57. The molecule has 0 aliphatic carbocycles. The van der Waals surface area contributed by atoms with Gasteiger partial charge in [0.25, 0.3) is 11.6 Å². The molecule has 2 heterocycles. The Bertz CT molecular complexity index is 1200. The molecule has 2 aromatic rings. The molecule has 174 valence electrons. The number of imide groups is 1. The number of amides is 3. The van der Waals surface area contributed by atoms with E-state index in [0.717, 1.165) is 15.9 Å². The van der Waals surface area contributed by atoms with Crippen molar-refractivity contribution >= 4 is 27.6 Å². The summed E-state index contributed by atoms with van der Waals surface area (Å²) in [5, 5.41) is 11.4. The summed E-state index contributed by atoms with van der Waals surface area (Å²) < 4.78 is 27.7. The summed E-state index contributed by atoms with van der Waals surface area (Å²) in [5.41, 5.74) is -0.823. The Morgan fingerprint density at radius 2 is 1.67 bits per heavy atom. The van der Waals surface area contributed by atoms with E-state index in [-0.39, 0.29) is 38.5 Å². The Morgan fingerprint density at radius 1 is 1.00 bits per heavy atom. The second-order valence-electron chi connectivity index (χ2n) is 8.08. The molecule has 3 amide bonds. The Labute approximate surface area is 191 Å². The van der Waals surface area contributed by atoms with E-state index in [1.54, 1.807) is 6.92 Å². The number of para-hydroxylation sites is 1. The quantitative estimate of drug-likeness (QED) is 0.362. The number of nitro benzene ring substituents is 1. The second-order valence-corrected chi connectivity index (χ2v) is 9.98. The van der Waals surface area contributed by atoms with Crippen LogP contribution in [0.3, 0.4) is 0 Å². The van der Waals surface area contributed by atoms with Gasteiger partial charge >= 0.3 is 6.03 Å². The van der Waals surface area contributed by atoms with Crippen molar-refractivity contribution in [3.05, 3.63) is 70.3 Å². The summed E-state index contributed by atoms with van der Waals surface area (Å²) in [7, 11) is -4.20. The fourth-order valence-electron chi connectivity index (χ4n) is 4.60. The van der Waals surface area contributed by atoms with E-state index in [4.69, 9.17) is 0 Å². The lowest BCUT2D eigenvalue weighted by Gasteiger charge is -2.31. The summed E-state index contributed by atoms with van der Waals surface area (Å²) >= 11 is 0. The highest BCUT2D eigenvalue weighted by molar-refractivity contribution is 7.89. The minimum absolute atomic E-state index is 0.0174. The van der Waals surface area contributed by atoms with Crippen LogP contribution in [0.2, 0.25) is 0 Å². The lowest BCUT2D eigenvalue weighted by atomic mass is 9.90. The third-order valence-corrected chi connectivity index (χ3v) is 8.36. The van der Waals surface area contributed by atoms with Crippen LogP contribution < -0.4 is 0 Å². The summed E-state index contributed by atoms with van der Waals surface area (Å²) in [6.45, 7) is 1.88. The average molecular weight is 473 g/mol. The average Bonchev–Trinajstić information content (AvgIpc) is 2.95. The van der Waals surface area contributed by atoms with E-state index in [1.807, 2.05) is 30.3 Å². The molecule has 1 atom stereocenters. The van der Waals surface area contributed by atoms with Crippen molar-refractivity contribution in [2.24, 2.45) is 0 Å². The molecule has 10 nitrogen and oxygen atoms in total. The number of carbonyl (C=O) groups is 2. The number of rotatable bonds is 6. The molecule has 0 N–H and O–H groups in total. The van der Waals surface area contributed by atoms with E-state index in [2.05, 4.69) is 0 Å². The zero-order chi connectivity index (χ0) is 23.8. The molecule has 2 saturated heterocycles. The lowest BCUT2D eigenvalue weighted by molar-refractivity contribution is -0.387. The minimum atomic E-state index is -4.20. The molecule has 2 aliphatic heterocycles. The number of carbonyl (C=O) groups excluding carboxylic acids is 2. The van der Waals surface area contributed by atoms with Gasteiger partial charge in [0, 0.05) is 25.7 Å². The first kappa shape index (κ1) is 22.9. The van der Waals surface area contributed by atoms with Gasteiger partial charge < -0.3 is 4.90 Å². The first-order valence-corrected chi connectivity index (χ1v) is 12.1. The molecule has 0 bridgehead atoms. The number of sulfonamides is 1. The first-order chi connectivity index (χ1) is 15.7. The molecular formula is C22H24N4O6S. The number of nitro groups is 1.